The molecular weight excluding hydrogens is 372 g/mol. The van der Waals surface area contributed by atoms with Crippen LogP contribution in [0.4, 0.5) is 0 Å². The third kappa shape index (κ3) is 5.39. The average Bonchev–Trinajstić information content (AvgIpc) is 3.07. The molecule has 0 fully saturated rings. The van der Waals surface area contributed by atoms with E-state index in [1.165, 1.54) is 11.8 Å². The van der Waals surface area contributed by atoms with Crippen LogP contribution in [-0.4, -0.2) is 23.8 Å². The van der Waals surface area contributed by atoms with Crippen LogP contribution in [0, 0.1) is 13.8 Å². The monoisotopic (exact) mass is 396 g/mol. The number of thioether (sulfide) groups is 1. The molecule has 0 bridgehead atoms. The number of hydrogen-bond acceptors (Lipinski definition) is 5. The first-order valence-electron chi connectivity index (χ1n) is 9.06. The molecule has 3 rings (SSSR count). The highest BCUT2D eigenvalue weighted by atomic mass is 32.2. The zero-order valence-corrected chi connectivity index (χ0v) is 17.1. The zero-order chi connectivity index (χ0) is 19.9. The molecule has 0 saturated heterocycles. The highest BCUT2D eigenvalue weighted by Crippen LogP contribution is 2.24. The van der Waals surface area contributed by atoms with Crippen LogP contribution in [0.3, 0.4) is 0 Å². The summed E-state index contributed by atoms with van der Waals surface area (Å²) in [7, 11) is 1.63. The predicted molar refractivity (Wildman–Crippen MR) is 112 cm³/mol. The van der Waals surface area contributed by atoms with E-state index >= 15 is 0 Å². The maximum absolute atomic E-state index is 12.1. The molecule has 28 heavy (non-hydrogen) atoms. The second-order valence-electron chi connectivity index (χ2n) is 6.51. The molecule has 1 aromatic heterocycles. The molecule has 6 heteroatoms. The number of hydrogen-bond donors (Lipinski definition) is 1. The Bertz CT molecular complexity index is 935. The molecule has 3 aromatic rings. The molecule has 1 amide bonds. The summed E-state index contributed by atoms with van der Waals surface area (Å²) in [5.41, 5.74) is 4.05. The minimum atomic E-state index is 0.000809. The van der Waals surface area contributed by atoms with E-state index in [0.29, 0.717) is 23.9 Å². The number of aryl methyl sites for hydroxylation is 2. The normalized spacial score (nSPS) is 10.7. The van der Waals surface area contributed by atoms with Gasteiger partial charge in [0.05, 0.1) is 18.6 Å². The third-order valence-corrected chi connectivity index (χ3v) is 5.22. The molecule has 0 radical (unpaired) electrons. The second kappa shape index (κ2) is 9.46. The van der Waals surface area contributed by atoms with Gasteiger partial charge in [-0.1, -0.05) is 29.8 Å². The summed E-state index contributed by atoms with van der Waals surface area (Å²) in [5.74, 6) is 3.24. The van der Waals surface area contributed by atoms with Gasteiger partial charge >= 0.3 is 0 Å². The van der Waals surface area contributed by atoms with E-state index in [9.17, 15) is 4.79 Å². The van der Waals surface area contributed by atoms with Crippen molar-refractivity contribution in [1.29, 1.82) is 0 Å². The SMILES string of the molecule is COc1ccc(CNC(=O)CSCc2nc(-c3cccc(C)c3)oc2C)cc1. The Morgan fingerprint density at radius 1 is 1.18 bits per heavy atom. The number of oxazole rings is 1. The molecule has 0 aliphatic carbocycles. The van der Waals surface area contributed by atoms with E-state index in [4.69, 9.17) is 9.15 Å². The Morgan fingerprint density at radius 3 is 2.68 bits per heavy atom. The number of nitrogens with one attached hydrogen (secondary N) is 1. The fraction of sp³-hybridized carbons (Fsp3) is 0.273. The lowest BCUT2D eigenvalue weighted by atomic mass is 10.1. The molecular formula is C22H24N2O3S. The summed E-state index contributed by atoms with van der Waals surface area (Å²) in [6.45, 7) is 4.45. The maximum atomic E-state index is 12.1. The molecule has 5 nitrogen and oxygen atoms in total. The summed E-state index contributed by atoms with van der Waals surface area (Å²) in [4.78, 5) is 16.7. The number of rotatable bonds is 8. The summed E-state index contributed by atoms with van der Waals surface area (Å²) in [5, 5.41) is 2.93. The van der Waals surface area contributed by atoms with Crippen molar-refractivity contribution in [2.24, 2.45) is 0 Å². The summed E-state index contributed by atoms with van der Waals surface area (Å²) >= 11 is 1.53. The molecule has 2 aromatic carbocycles. The van der Waals surface area contributed by atoms with E-state index in [1.54, 1.807) is 7.11 Å². The Labute approximate surface area is 169 Å². The largest absolute Gasteiger partial charge is 0.497 e. The topological polar surface area (TPSA) is 64.4 Å². The van der Waals surface area contributed by atoms with Gasteiger partial charge in [-0.3, -0.25) is 4.79 Å². The molecule has 146 valence electrons. The van der Waals surface area contributed by atoms with Crippen molar-refractivity contribution in [3.05, 3.63) is 71.1 Å². The number of carbonyl (C=O) groups is 1. The van der Waals surface area contributed by atoms with Gasteiger partial charge in [0.25, 0.3) is 0 Å². The van der Waals surface area contributed by atoms with Crippen molar-refractivity contribution in [3.63, 3.8) is 0 Å². The van der Waals surface area contributed by atoms with Crippen molar-refractivity contribution in [2.75, 3.05) is 12.9 Å². The number of nitrogens with zero attached hydrogens (tertiary/aromatic N) is 1. The van der Waals surface area contributed by atoms with E-state index in [-0.39, 0.29) is 5.91 Å². The highest BCUT2D eigenvalue weighted by molar-refractivity contribution is 7.99. The Balaban J connectivity index is 1.47. The van der Waals surface area contributed by atoms with Crippen molar-refractivity contribution in [1.82, 2.24) is 10.3 Å². The number of carbonyl (C=O) groups excluding carboxylic acids is 1. The van der Waals surface area contributed by atoms with Crippen LogP contribution in [0.2, 0.25) is 0 Å². The standard InChI is InChI=1S/C22H24N2O3S/c1-15-5-4-6-18(11-15)22-24-20(16(2)27-22)13-28-14-21(25)23-12-17-7-9-19(26-3)10-8-17/h4-11H,12-14H2,1-3H3,(H,23,25). The number of benzene rings is 2. The van der Waals surface area contributed by atoms with Crippen LogP contribution in [0.25, 0.3) is 11.5 Å². The first-order chi connectivity index (χ1) is 13.5. The predicted octanol–water partition coefficient (Wildman–Crippen LogP) is 4.52. The Morgan fingerprint density at radius 2 is 1.96 bits per heavy atom. The van der Waals surface area contributed by atoms with E-state index in [1.807, 2.05) is 56.3 Å². The van der Waals surface area contributed by atoms with Crippen LogP contribution in [0.15, 0.2) is 52.9 Å². The number of aromatic nitrogens is 1. The first kappa shape index (κ1) is 20.0. The number of ether oxygens (including phenoxy) is 1. The lowest BCUT2D eigenvalue weighted by Crippen LogP contribution is -2.24. The lowest BCUT2D eigenvalue weighted by Gasteiger charge is -2.06. The summed E-state index contributed by atoms with van der Waals surface area (Å²) in [6, 6.07) is 15.7. The van der Waals surface area contributed by atoms with Gasteiger partial charge in [-0.2, -0.15) is 0 Å². The van der Waals surface area contributed by atoms with Gasteiger partial charge in [-0.05, 0) is 43.7 Å². The lowest BCUT2D eigenvalue weighted by molar-refractivity contribution is -0.118. The molecule has 0 aliphatic heterocycles. The average molecular weight is 397 g/mol. The molecule has 0 unspecified atom stereocenters. The van der Waals surface area contributed by atoms with Gasteiger partial charge in [0.1, 0.15) is 11.5 Å². The van der Waals surface area contributed by atoms with Crippen molar-refractivity contribution < 1.29 is 13.9 Å². The fourth-order valence-corrected chi connectivity index (χ4v) is 3.55. The van der Waals surface area contributed by atoms with Gasteiger partial charge in [-0.15, -0.1) is 11.8 Å². The maximum Gasteiger partial charge on any atom is 0.230 e. The van der Waals surface area contributed by atoms with Crippen LogP contribution in [0.1, 0.15) is 22.6 Å². The minimum absolute atomic E-state index is 0.000809. The van der Waals surface area contributed by atoms with Gasteiger partial charge in [0, 0.05) is 17.9 Å². The Kier molecular flexibility index (Phi) is 6.76. The van der Waals surface area contributed by atoms with Crippen LogP contribution >= 0.6 is 11.8 Å². The summed E-state index contributed by atoms with van der Waals surface area (Å²) < 4.78 is 10.9. The van der Waals surface area contributed by atoms with Crippen LogP contribution in [0.5, 0.6) is 5.75 Å². The molecule has 0 aliphatic rings. The third-order valence-electron chi connectivity index (χ3n) is 4.28. The molecule has 1 heterocycles. The smallest absolute Gasteiger partial charge is 0.230 e. The van der Waals surface area contributed by atoms with E-state index < -0.39 is 0 Å². The molecule has 0 atom stereocenters. The number of amides is 1. The second-order valence-corrected chi connectivity index (χ2v) is 7.49. The molecule has 0 saturated carbocycles. The Hall–Kier alpha value is -2.73. The zero-order valence-electron chi connectivity index (χ0n) is 16.3. The van der Waals surface area contributed by atoms with Gasteiger partial charge in [0.15, 0.2) is 0 Å². The molecule has 1 N–H and O–H groups in total. The van der Waals surface area contributed by atoms with Gasteiger partial charge < -0.3 is 14.5 Å². The van der Waals surface area contributed by atoms with E-state index in [0.717, 1.165) is 33.9 Å². The van der Waals surface area contributed by atoms with Crippen LogP contribution < -0.4 is 10.1 Å². The van der Waals surface area contributed by atoms with Gasteiger partial charge in [0.2, 0.25) is 11.8 Å². The van der Waals surface area contributed by atoms with E-state index in [2.05, 4.69) is 16.4 Å². The quantitative estimate of drug-likeness (QED) is 0.607. The van der Waals surface area contributed by atoms with Crippen LogP contribution in [-0.2, 0) is 17.1 Å². The highest BCUT2D eigenvalue weighted by Gasteiger charge is 2.12. The minimum Gasteiger partial charge on any atom is -0.497 e. The van der Waals surface area contributed by atoms with Gasteiger partial charge in [-0.25, -0.2) is 4.98 Å². The first-order valence-corrected chi connectivity index (χ1v) is 10.2. The fourth-order valence-electron chi connectivity index (χ4n) is 2.70. The summed E-state index contributed by atoms with van der Waals surface area (Å²) in [6.07, 6.45) is 0. The van der Waals surface area contributed by atoms with Crippen molar-refractivity contribution in [2.45, 2.75) is 26.1 Å². The van der Waals surface area contributed by atoms with Crippen molar-refractivity contribution >= 4 is 17.7 Å². The number of methoxy groups -OCH3 is 1. The molecule has 0 spiro atoms. The van der Waals surface area contributed by atoms with Crippen molar-refractivity contribution in [3.8, 4) is 17.2 Å².